The number of benzene rings is 1. The van der Waals surface area contributed by atoms with Crippen LogP contribution in [0.15, 0.2) is 22.6 Å². The minimum Gasteiger partial charge on any atom is -0.413 e. The molecular weight excluding hydrogens is 342 g/mol. The number of alkyl halides is 3. The van der Waals surface area contributed by atoms with Gasteiger partial charge in [0.25, 0.3) is 0 Å². The standard InChI is InChI=1S/C12H11F4N3O3S/c1-2-23(20,21)17-6-8-4-3-7(5-9(8)13)10-18-19-11(22-10)12(14,15)16/h3-5,17H,2,6H2,1H3. The van der Waals surface area contributed by atoms with Crippen molar-refractivity contribution in [1.29, 1.82) is 0 Å². The van der Waals surface area contributed by atoms with Gasteiger partial charge in [0.15, 0.2) is 0 Å². The van der Waals surface area contributed by atoms with Crippen molar-refractivity contribution < 1.29 is 30.4 Å². The van der Waals surface area contributed by atoms with E-state index in [-0.39, 0.29) is 23.4 Å². The van der Waals surface area contributed by atoms with Gasteiger partial charge in [-0.25, -0.2) is 17.5 Å². The van der Waals surface area contributed by atoms with Crippen molar-refractivity contribution in [2.75, 3.05) is 5.75 Å². The summed E-state index contributed by atoms with van der Waals surface area (Å²) in [6.07, 6.45) is -4.79. The average Bonchev–Trinajstić information content (AvgIpc) is 2.96. The molecule has 11 heteroatoms. The first-order valence-electron chi connectivity index (χ1n) is 6.29. The molecule has 0 amide bonds. The Hall–Kier alpha value is -2.01. The van der Waals surface area contributed by atoms with Gasteiger partial charge in [-0.2, -0.15) is 13.2 Å². The van der Waals surface area contributed by atoms with Crippen molar-refractivity contribution in [3.8, 4) is 11.5 Å². The highest BCUT2D eigenvalue weighted by atomic mass is 32.2. The van der Waals surface area contributed by atoms with Gasteiger partial charge in [-0.05, 0) is 19.1 Å². The number of hydrogen-bond acceptors (Lipinski definition) is 5. The van der Waals surface area contributed by atoms with Gasteiger partial charge in [-0.15, -0.1) is 10.2 Å². The molecular formula is C12H11F4N3O3S. The Kier molecular flexibility index (Phi) is 4.71. The Bertz CT molecular complexity index is 802. The molecule has 126 valence electrons. The van der Waals surface area contributed by atoms with Crippen molar-refractivity contribution in [2.45, 2.75) is 19.6 Å². The molecule has 1 aromatic carbocycles. The van der Waals surface area contributed by atoms with E-state index in [2.05, 4.69) is 19.3 Å². The van der Waals surface area contributed by atoms with E-state index in [4.69, 9.17) is 0 Å². The maximum Gasteiger partial charge on any atom is 0.470 e. The molecule has 0 atom stereocenters. The fourth-order valence-electron chi connectivity index (χ4n) is 1.57. The molecule has 0 fully saturated rings. The molecule has 1 heterocycles. The summed E-state index contributed by atoms with van der Waals surface area (Å²) in [7, 11) is -3.49. The Morgan fingerprint density at radius 1 is 1.26 bits per heavy atom. The Balaban J connectivity index is 2.21. The van der Waals surface area contributed by atoms with Crippen LogP contribution in [0.4, 0.5) is 17.6 Å². The van der Waals surface area contributed by atoms with Crippen LogP contribution in [-0.4, -0.2) is 24.4 Å². The molecule has 6 nitrogen and oxygen atoms in total. The van der Waals surface area contributed by atoms with Crippen molar-refractivity contribution in [1.82, 2.24) is 14.9 Å². The minimum atomic E-state index is -4.79. The second-order valence-corrected chi connectivity index (χ2v) is 6.54. The van der Waals surface area contributed by atoms with Crippen molar-refractivity contribution in [3.05, 3.63) is 35.5 Å². The van der Waals surface area contributed by atoms with Gasteiger partial charge < -0.3 is 4.42 Å². The highest BCUT2D eigenvalue weighted by Gasteiger charge is 2.38. The van der Waals surface area contributed by atoms with E-state index in [0.29, 0.717) is 0 Å². The summed E-state index contributed by atoms with van der Waals surface area (Å²) < 4.78 is 80.2. The van der Waals surface area contributed by atoms with Crippen LogP contribution < -0.4 is 4.72 Å². The SMILES string of the molecule is CCS(=O)(=O)NCc1ccc(-c2nnc(C(F)(F)F)o2)cc1F. The molecule has 0 bridgehead atoms. The quantitative estimate of drug-likeness (QED) is 0.834. The minimum absolute atomic E-state index is 0.0290. The van der Waals surface area contributed by atoms with Gasteiger partial charge in [-0.1, -0.05) is 6.07 Å². The van der Waals surface area contributed by atoms with Crippen LogP contribution in [0, 0.1) is 5.82 Å². The molecule has 0 aliphatic rings. The number of halogens is 4. The van der Waals surface area contributed by atoms with E-state index in [1.165, 1.54) is 19.1 Å². The molecule has 1 N–H and O–H groups in total. The van der Waals surface area contributed by atoms with Gasteiger partial charge in [0.1, 0.15) is 5.82 Å². The number of nitrogens with zero attached hydrogens (tertiary/aromatic N) is 2. The third kappa shape index (κ3) is 4.26. The number of nitrogens with one attached hydrogen (secondary N) is 1. The summed E-state index contributed by atoms with van der Waals surface area (Å²) in [5.41, 5.74) is -0.0195. The first-order chi connectivity index (χ1) is 10.6. The largest absolute Gasteiger partial charge is 0.470 e. The average molecular weight is 353 g/mol. The first-order valence-corrected chi connectivity index (χ1v) is 7.94. The van der Waals surface area contributed by atoms with Gasteiger partial charge in [0, 0.05) is 17.7 Å². The molecule has 0 saturated carbocycles. The zero-order valence-corrected chi connectivity index (χ0v) is 12.5. The normalized spacial score (nSPS) is 12.6. The molecule has 0 aliphatic heterocycles. The summed E-state index contributed by atoms with van der Waals surface area (Å²) in [6.45, 7) is 1.15. The van der Waals surface area contributed by atoms with Gasteiger partial charge in [0.05, 0.1) is 5.75 Å². The Morgan fingerprint density at radius 2 is 1.96 bits per heavy atom. The van der Waals surface area contributed by atoms with Gasteiger partial charge in [-0.3, -0.25) is 0 Å². The van der Waals surface area contributed by atoms with Crippen molar-refractivity contribution >= 4 is 10.0 Å². The fourth-order valence-corrected chi connectivity index (χ4v) is 2.15. The van der Waals surface area contributed by atoms with Gasteiger partial charge >= 0.3 is 12.1 Å². The molecule has 0 radical (unpaired) electrons. The van der Waals surface area contributed by atoms with E-state index in [0.717, 1.165) is 6.07 Å². The summed E-state index contributed by atoms with van der Waals surface area (Å²) in [5.74, 6) is -2.99. The maximum absolute atomic E-state index is 13.9. The number of hydrogen-bond donors (Lipinski definition) is 1. The smallest absolute Gasteiger partial charge is 0.413 e. The van der Waals surface area contributed by atoms with Crippen molar-refractivity contribution in [2.24, 2.45) is 0 Å². The number of rotatable bonds is 5. The predicted octanol–water partition coefficient (Wildman–Crippen LogP) is 2.33. The van der Waals surface area contributed by atoms with Gasteiger partial charge in [0.2, 0.25) is 15.9 Å². The first kappa shape index (κ1) is 17.3. The molecule has 23 heavy (non-hydrogen) atoms. The van der Waals surface area contributed by atoms with Crippen LogP contribution >= 0.6 is 0 Å². The summed E-state index contributed by atoms with van der Waals surface area (Å²) >= 11 is 0. The zero-order valence-electron chi connectivity index (χ0n) is 11.7. The predicted molar refractivity (Wildman–Crippen MR) is 71.0 cm³/mol. The highest BCUT2D eigenvalue weighted by molar-refractivity contribution is 7.89. The van der Waals surface area contributed by atoms with Crippen LogP contribution in [0.2, 0.25) is 0 Å². The topological polar surface area (TPSA) is 85.1 Å². The monoisotopic (exact) mass is 353 g/mol. The highest BCUT2D eigenvalue weighted by Crippen LogP contribution is 2.30. The van der Waals surface area contributed by atoms with E-state index < -0.39 is 33.8 Å². The van der Waals surface area contributed by atoms with E-state index in [1.54, 1.807) is 0 Å². The Morgan fingerprint density at radius 3 is 2.48 bits per heavy atom. The van der Waals surface area contributed by atoms with E-state index in [1.807, 2.05) is 0 Å². The van der Waals surface area contributed by atoms with E-state index in [9.17, 15) is 26.0 Å². The number of sulfonamides is 1. The van der Waals surface area contributed by atoms with Crippen LogP contribution in [0.25, 0.3) is 11.5 Å². The summed E-state index contributed by atoms with van der Waals surface area (Å²) in [6, 6.07) is 3.37. The van der Waals surface area contributed by atoms with Crippen LogP contribution in [-0.2, 0) is 22.7 Å². The van der Waals surface area contributed by atoms with Crippen LogP contribution in [0.3, 0.4) is 0 Å². The third-order valence-corrected chi connectivity index (χ3v) is 4.17. The van der Waals surface area contributed by atoms with Crippen molar-refractivity contribution in [3.63, 3.8) is 0 Å². The molecule has 0 unspecified atom stereocenters. The Labute approximate surface area is 128 Å². The molecule has 1 aromatic heterocycles. The lowest BCUT2D eigenvalue weighted by atomic mass is 10.1. The molecule has 2 rings (SSSR count). The lowest BCUT2D eigenvalue weighted by Crippen LogP contribution is -2.25. The fraction of sp³-hybridized carbons (Fsp3) is 0.333. The summed E-state index contributed by atoms with van der Waals surface area (Å²) in [5, 5.41) is 6.05. The maximum atomic E-state index is 13.9. The van der Waals surface area contributed by atoms with Crippen LogP contribution in [0.1, 0.15) is 18.4 Å². The summed E-state index contributed by atoms with van der Waals surface area (Å²) in [4.78, 5) is 0. The number of aromatic nitrogens is 2. The van der Waals surface area contributed by atoms with Crippen LogP contribution in [0.5, 0.6) is 0 Å². The lowest BCUT2D eigenvalue weighted by molar-refractivity contribution is -0.156. The second-order valence-electron chi connectivity index (χ2n) is 4.44. The third-order valence-electron chi connectivity index (χ3n) is 2.83. The molecule has 2 aromatic rings. The zero-order chi connectivity index (χ0) is 17.3. The lowest BCUT2D eigenvalue weighted by Gasteiger charge is -2.06. The van der Waals surface area contributed by atoms with E-state index >= 15 is 0 Å². The molecule has 0 saturated heterocycles. The molecule has 0 spiro atoms. The second kappa shape index (κ2) is 6.24. The molecule has 0 aliphatic carbocycles.